The summed E-state index contributed by atoms with van der Waals surface area (Å²) in [5.74, 6) is 2.00. The van der Waals surface area contributed by atoms with E-state index in [9.17, 15) is 10.2 Å². The molecule has 2 unspecified atom stereocenters. The summed E-state index contributed by atoms with van der Waals surface area (Å²) in [6.07, 6.45) is 3.12. The Morgan fingerprint density at radius 2 is 1.76 bits per heavy atom. The molecule has 1 aliphatic rings. The molecule has 4 atom stereocenters. The highest BCUT2D eigenvalue weighted by Crippen LogP contribution is 2.52. The SMILES string of the molecule is CC=Cc1cc(OC)c2c(c1)[C@@H](C)[C@H](c1cc(CN(C)C(C)C(O)c3ccccc3)c(O)c(OC)c1)O2. The Morgan fingerprint density at radius 1 is 1.05 bits per heavy atom. The normalized spacial score (nSPS) is 18.5. The molecular formula is C31H37NO5. The van der Waals surface area contributed by atoms with E-state index >= 15 is 0 Å². The van der Waals surface area contributed by atoms with E-state index in [1.165, 1.54) is 0 Å². The first-order valence-corrected chi connectivity index (χ1v) is 12.6. The van der Waals surface area contributed by atoms with Gasteiger partial charge < -0.3 is 24.4 Å². The van der Waals surface area contributed by atoms with Crippen LogP contribution in [0.15, 0.2) is 60.7 Å². The molecule has 1 aliphatic heterocycles. The van der Waals surface area contributed by atoms with E-state index in [2.05, 4.69) is 13.0 Å². The van der Waals surface area contributed by atoms with Gasteiger partial charge in [-0.15, -0.1) is 0 Å². The number of phenols is 1. The van der Waals surface area contributed by atoms with Gasteiger partial charge >= 0.3 is 0 Å². The number of methoxy groups -OCH3 is 2. The Morgan fingerprint density at radius 3 is 2.41 bits per heavy atom. The molecule has 0 saturated carbocycles. The number of aliphatic hydroxyl groups excluding tert-OH is 1. The van der Waals surface area contributed by atoms with Crippen LogP contribution in [0.2, 0.25) is 0 Å². The van der Waals surface area contributed by atoms with Gasteiger partial charge in [0.25, 0.3) is 0 Å². The Kier molecular flexibility index (Phi) is 8.10. The van der Waals surface area contributed by atoms with E-state index in [4.69, 9.17) is 14.2 Å². The summed E-state index contributed by atoms with van der Waals surface area (Å²) in [5.41, 5.74) is 4.62. The lowest BCUT2D eigenvalue weighted by atomic mass is 9.90. The topological polar surface area (TPSA) is 71.4 Å². The quantitative estimate of drug-likeness (QED) is 0.361. The van der Waals surface area contributed by atoms with E-state index in [0.29, 0.717) is 23.6 Å². The number of phenolic OH excluding ortho intramolecular Hbond substituents is 1. The molecule has 0 amide bonds. The smallest absolute Gasteiger partial charge is 0.165 e. The van der Waals surface area contributed by atoms with Crippen LogP contribution in [-0.2, 0) is 6.54 Å². The van der Waals surface area contributed by atoms with Crippen LogP contribution in [0.5, 0.6) is 23.0 Å². The Balaban J connectivity index is 1.64. The minimum atomic E-state index is -0.662. The van der Waals surface area contributed by atoms with Crippen LogP contribution in [-0.4, -0.2) is 42.4 Å². The van der Waals surface area contributed by atoms with Gasteiger partial charge in [-0.05, 0) is 61.9 Å². The van der Waals surface area contributed by atoms with Crippen molar-refractivity contribution >= 4 is 6.08 Å². The zero-order valence-corrected chi connectivity index (χ0v) is 22.4. The molecule has 37 heavy (non-hydrogen) atoms. The highest BCUT2D eigenvalue weighted by molar-refractivity contribution is 5.62. The van der Waals surface area contributed by atoms with Crippen LogP contribution in [0.4, 0.5) is 0 Å². The lowest BCUT2D eigenvalue weighted by Crippen LogP contribution is -2.34. The second-order valence-corrected chi connectivity index (χ2v) is 9.71. The third kappa shape index (κ3) is 5.31. The first kappa shape index (κ1) is 26.6. The van der Waals surface area contributed by atoms with Crippen molar-refractivity contribution in [2.45, 2.75) is 51.5 Å². The summed E-state index contributed by atoms with van der Waals surface area (Å²) >= 11 is 0. The summed E-state index contributed by atoms with van der Waals surface area (Å²) < 4.78 is 17.7. The zero-order valence-electron chi connectivity index (χ0n) is 22.4. The van der Waals surface area contributed by atoms with Gasteiger partial charge in [0.15, 0.2) is 23.0 Å². The number of nitrogens with zero attached hydrogens (tertiary/aromatic N) is 1. The minimum absolute atomic E-state index is 0.0627. The first-order chi connectivity index (χ1) is 17.8. The van der Waals surface area contributed by atoms with Crippen LogP contribution < -0.4 is 14.2 Å². The molecule has 0 aliphatic carbocycles. The molecule has 196 valence electrons. The van der Waals surface area contributed by atoms with Gasteiger partial charge in [-0.25, -0.2) is 0 Å². The molecule has 0 spiro atoms. The summed E-state index contributed by atoms with van der Waals surface area (Å²) in [6.45, 7) is 6.52. The lowest BCUT2D eigenvalue weighted by molar-refractivity contribution is 0.0683. The maximum atomic E-state index is 11.0. The van der Waals surface area contributed by atoms with Crippen molar-refractivity contribution in [2.24, 2.45) is 0 Å². The maximum absolute atomic E-state index is 11.0. The fraction of sp³-hybridized carbons (Fsp3) is 0.355. The van der Waals surface area contributed by atoms with Gasteiger partial charge in [0.1, 0.15) is 6.10 Å². The van der Waals surface area contributed by atoms with Crippen molar-refractivity contribution in [2.75, 3.05) is 21.3 Å². The molecule has 2 N–H and O–H groups in total. The summed E-state index contributed by atoms with van der Waals surface area (Å²) in [7, 11) is 5.14. The first-order valence-electron chi connectivity index (χ1n) is 12.6. The number of hydrogen-bond donors (Lipinski definition) is 2. The molecule has 6 heteroatoms. The van der Waals surface area contributed by atoms with Gasteiger partial charge in [-0.3, -0.25) is 4.90 Å². The molecule has 1 heterocycles. The molecule has 4 rings (SSSR count). The van der Waals surface area contributed by atoms with Crippen LogP contribution in [0.25, 0.3) is 6.08 Å². The predicted octanol–water partition coefficient (Wildman–Crippen LogP) is 6.23. The lowest BCUT2D eigenvalue weighted by Gasteiger charge is -2.30. The van der Waals surface area contributed by atoms with Crippen LogP contribution >= 0.6 is 0 Å². The molecule has 3 aromatic carbocycles. The minimum Gasteiger partial charge on any atom is -0.504 e. The number of hydrogen-bond acceptors (Lipinski definition) is 6. The van der Waals surface area contributed by atoms with Crippen molar-refractivity contribution in [1.29, 1.82) is 0 Å². The van der Waals surface area contributed by atoms with Gasteiger partial charge in [-0.1, -0.05) is 49.4 Å². The number of ether oxygens (including phenoxy) is 3. The standard InChI is InChI=1S/C31H37NO5/c1-7-11-21-14-25-19(2)30(37-31(25)27(15-21)36-6)23-16-24(29(34)26(17-23)35-5)18-32(4)20(3)28(33)22-12-9-8-10-13-22/h7-17,19-20,28,30,33-34H,18H2,1-6H3/t19-,20?,28?,30-/m1/s1. The Bertz CT molecular complexity index is 1260. The molecule has 0 bridgehead atoms. The van der Waals surface area contributed by atoms with Crippen LogP contribution in [0.3, 0.4) is 0 Å². The molecule has 0 radical (unpaired) electrons. The molecular weight excluding hydrogens is 466 g/mol. The summed E-state index contributed by atoms with van der Waals surface area (Å²) in [4.78, 5) is 2.02. The molecule has 3 aromatic rings. The van der Waals surface area contributed by atoms with E-state index in [-0.39, 0.29) is 23.8 Å². The van der Waals surface area contributed by atoms with E-state index in [0.717, 1.165) is 28.0 Å². The van der Waals surface area contributed by atoms with E-state index in [1.807, 2.05) is 86.5 Å². The number of allylic oxidation sites excluding steroid dienone is 1. The molecule has 6 nitrogen and oxygen atoms in total. The Labute approximate surface area is 219 Å². The number of rotatable bonds is 9. The molecule has 0 aromatic heterocycles. The maximum Gasteiger partial charge on any atom is 0.165 e. The third-order valence-electron chi connectivity index (χ3n) is 7.31. The fourth-order valence-electron chi connectivity index (χ4n) is 5.01. The predicted molar refractivity (Wildman–Crippen MR) is 146 cm³/mol. The third-order valence-corrected chi connectivity index (χ3v) is 7.31. The van der Waals surface area contributed by atoms with Crippen molar-refractivity contribution in [3.05, 3.63) is 88.5 Å². The summed E-state index contributed by atoms with van der Waals surface area (Å²) in [5, 5.41) is 21.9. The number of benzene rings is 3. The molecule has 0 fully saturated rings. The van der Waals surface area contributed by atoms with Gasteiger partial charge in [0, 0.05) is 29.6 Å². The zero-order chi connectivity index (χ0) is 26.7. The van der Waals surface area contributed by atoms with Gasteiger partial charge in [0.05, 0.1) is 20.3 Å². The van der Waals surface area contributed by atoms with Crippen molar-refractivity contribution in [3.8, 4) is 23.0 Å². The highest BCUT2D eigenvalue weighted by Gasteiger charge is 2.36. The van der Waals surface area contributed by atoms with Crippen LogP contribution in [0, 0.1) is 0 Å². The second kappa shape index (κ2) is 11.3. The monoisotopic (exact) mass is 503 g/mol. The number of aromatic hydroxyl groups is 1. The van der Waals surface area contributed by atoms with Crippen molar-refractivity contribution in [3.63, 3.8) is 0 Å². The number of likely N-dealkylation sites (N-methyl/N-ethyl adjacent to an activating group) is 1. The van der Waals surface area contributed by atoms with Crippen LogP contribution in [0.1, 0.15) is 66.7 Å². The second-order valence-electron chi connectivity index (χ2n) is 9.71. The summed E-state index contributed by atoms with van der Waals surface area (Å²) in [6, 6.07) is 17.4. The molecule has 0 saturated heterocycles. The van der Waals surface area contributed by atoms with Crippen molar-refractivity contribution < 1.29 is 24.4 Å². The van der Waals surface area contributed by atoms with Gasteiger partial charge in [-0.2, -0.15) is 0 Å². The van der Waals surface area contributed by atoms with Gasteiger partial charge in [0.2, 0.25) is 0 Å². The van der Waals surface area contributed by atoms with E-state index < -0.39 is 6.10 Å². The van der Waals surface area contributed by atoms with E-state index in [1.54, 1.807) is 14.2 Å². The fourth-order valence-corrected chi connectivity index (χ4v) is 5.01. The number of aliphatic hydroxyl groups is 1. The average Bonchev–Trinajstić information content (AvgIpc) is 3.25. The average molecular weight is 504 g/mol. The number of fused-ring (bicyclic) bond motifs is 1. The highest BCUT2D eigenvalue weighted by atomic mass is 16.5. The Hall–Kier alpha value is -3.48. The largest absolute Gasteiger partial charge is 0.504 e. The van der Waals surface area contributed by atoms with Crippen molar-refractivity contribution in [1.82, 2.24) is 4.90 Å².